The van der Waals surface area contributed by atoms with Crippen molar-refractivity contribution in [2.24, 2.45) is 5.92 Å². The fourth-order valence-corrected chi connectivity index (χ4v) is 3.19. The van der Waals surface area contributed by atoms with Gasteiger partial charge in [-0.05, 0) is 0 Å². The highest BCUT2D eigenvalue weighted by atomic mass is 19.4. The first-order valence-electron chi connectivity index (χ1n) is 8.74. The van der Waals surface area contributed by atoms with Crippen LogP contribution in [0.5, 0.6) is 0 Å². The first-order chi connectivity index (χ1) is 13.6. The molecule has 7 nitrogen and oxygen atoms in total. The molecule has 0 spiro atoms. The van der Waals surface area contributed by atoms with Gasteiger partial charge < -0.3 is 23.7 Å². The van der Waals surface area contributed by atoms with Gasteiger partial charge in [0.25, 0.3) is 11.4 Å². The molecular weight excluding hydrogens is 397 g/mol. The number of rotatable bonds is 6. The lowest BCUT2D eigenvalue weighted by Crippen LogP contribution is -2.57. The third kappa shape index (κ3) is 4.10. The van der Waals surface area contributed by atoms with E-state index in [0.717, 1.165) is 26.4 Å². The van der Waals surface area contributed by atoms with Crippen LogP contribution in [0.3, 0.4) is 0 Å². The van der Waals surface area contributed by atoms with E-state index in [1.165, 1.54) is 25.3 Å². The number of ether oxygens (including phenoxy) is 5. The summed E-state index contributed by atoms with van der Waals surface area (Å²) in [5, 5.41) is 0. The van der Waals surface area contributed by atoms with Crippen LogP contribution < -0.4 is 0 Å². The Labute approximate surface area is 166 Å². The maximum atomic E-state index is 14.0. The van der Waals surface area contributed by atoms with E-state index in [0.29, 0.717) is 0 Å². The van der Waals surface area contributed by atoms with Gasteiger partial charge in [0.15, 0.2) is 0 Å². The molecule has 0 saturated carbocycles. The van der Waals surface area contributed by atoms with Gasteiger partial charge in [0.2, 0.25) is 0 Å². The van der Waals surface area contributed by atoms with E-state index in [9.17, 15) is 22.8 Å². The van der Waals surface area contributed by atoms with Crippen LogP contribution in [0.2, 0.25) is 0 Å². The Morgan fingerprint density at radius 1 is 1.14 bits per heavy atom. The Balaban J connectivity index is 2.39. The zero-order valence-corrected chi connectivity index (χ0v) is 16.4. The summed E-state index contributed by atoms with van der Waals surface area (Å²) in [6.45, 7) is 1.51. The molecule has 1 aromatic carbocycles. The number of alkyl halides is 3. The molecular formula is C19H23F3O7. The Bertz CT molecular complexity index is 724. The predicted molar refractivity (Wildman–Crippen MR) is 92.6 cm³/mol. The molecule has 2 rings (SSSR count). The average molecular weight is 420 g/mol. The van der Waals surface area contributed by atoms with Gasteiger partial charge in [-0.1, -0.05) is 37.3 Å². The summed E-state index contributed by atoms with van der Waals surface area (Å²) >= 11 is 0. The van der Waals surface area contributed by atoms with E-state index in [2.05, 4.69) is 4.74 Å². The molecule has 0 N–H and O–H groups in total. The fourth-order valence-electron chi connectivity index (χ4n) is 3.19. The molecule has 1 aliphatic heterocycles. The number of hydrogen-bond donors (Lipinski definition) is 0. The van der Waals surface area contributed by atoms with Crippen molar-refractivity contribution in [2.75, 3.05) is 27.9 Å². The van der Waals surface area contributed by atoms with E-state index in [1.54, 1.807) is 6.92 Å². The van der Waals surface area contributed by atoms with Gasteiger partial charge in [0.05, 0.1) is 20.1 Å². The summed E-state index contributed by atoms with van der Waals surface area (Å²) in [6, 6.07) is 6.47. The molecule has 10 heteroatoms. The summed E-state index contributed by atoms with van der Waals surface area (Å²) in [4.78, 5) is 24.9. The van der Waals surface area contributed by atoms with E-state index < -0.39 is 47.1 Å². The minimum atomic E-state index is -5.10. The molecule has 0 unspecified atom stereocenters. The van der Waals surface area contributed by atoms with Crippen LogP contribution in [0.25, 0.3) is 0 Å². The summed E-state index contributed by atoms with van der Waals surface area (Å²) < 4.78 is 67.2. The lowest BCUT2D eigenvalue weighted by molar-refractivity contribution is -0.292. The van der Waals surface area contributed by atoms with Crippen LogP contribution in [-0.2, 0) is 38.9 Å². The standard InChI is InChI=1S/C19H23F3O7/c1-12-11-28-17(26-3,15(23)25-2)10-14(12)29-16(24)18(27-4,19(20,21)22)13-8-6-5-7-9-13/h5-9,12,14H,10-11H2,1-4H3/t12-,14+,17+,18-/m1/s1. The molecule has 0 amide bonds. The van der Waals surface area contributed by atoms with Crippen molar-refractivity contribution >= 4 is 11.9 Å². The van der Waals surface area contributed by atoms with Gasteiger partial charge in [0.1, 0.15) is 6.10 Å². The molecule has 0 aromatic heterocycles. The van der Waals surface area contributed by atoms with Gasteiger partial charge in [-0.2, -0.15) is 13.2 Å². The minimum Gasteiger partial charge on any atom is -0.465 e. The molecule has 0 aliphatic carbocycles. The van der Waals surface area contributed by atoms with E-state index >= 15 is 0 Å². The maximum Gasteiger partial charge on any atom is 0.432 e. The van der Waals surface area contributed by atoms with Gasteiger partial charge in [-0.15, -0.1) is 0 Å². The number of halogens is 3. The molecule has 0 bridgehead atoms. The van der Waals surface area contributed by atoms with Crippen molar-refractivity contribution in [3.05, 3.63) is 35.9 Å². The highest BCUT2D eigenvalue weighted by Gasteiger charge is 2.65. The fraction of sp³-hybridized carbons (Fsp3) is 0.579. The van der Waals surface area contributed by atoms with Crippen molar-refractivity contribution in [2.45, 2.75) is 37.0 Å². The lowest BCUT2D eigenvalue weighted by Gasteiger charge is -2.41. The van der Waals surface area contributed by atoms with Crippen molar-refractivity contribution < 1.29 is 46.4 Å². The highest BCUT2D eigenvalue weighted by molar-refractivity contribution is 5.83. The number of benzene rings is 1. The zero-order valence-electron chi connectivity index (χ0n) is 16.4. The summed E-state index contributed by atoms with van der Waals surface area (Å²) in [5.41, 5.74) is -3.75. The molecule has 1 saturated heterocycles. The number of methoxy groups -OCH3 is 3. The Morgan fingerprint density at radius 2 is 1.76 bits per heavy atom. The van der Waals surface area contributed by atoms with Crippen LogP contribution in [0, 0.1) is 5.92 Å². The van der Waals surface area contributed by atoms with Crippen LogP contribution in [-0.4, -0.2) is 57.9 Å². The van der Waals surface area contributed by atoms with Crippen LogP contribution in [0.4, 0.5) is 13.2 Å². The highest BCUT2D eigenvalue weighted by Crippen LogP contribution is 2.44. The summed E-state index contributed by atoms with van der Waals surface area (Å²) in [5.74, 6) is -4.92. The van der Waals surface area contributed by atoms with Gasteiger partial charge in [-0.3, -0.25) is 0 Å². The monoisotopic (exact) mass is 420 g/mol. The summed E-state index contributed by atoms with van der Waals surface area (Å²) in [6.07, 6.45) is -6.55. The molecule has 1 aromatic rings. The predicted octanol–water partition coefficient (Wildman–Crippen LogP) is 2.57. The lowest BCUT2D eigenvalue weighted by atomic mass is 9.91. The molecule has 1 fully saturated rings. The zero-order chi connectivity index (χ0) is 21.9. The molecule has 1 aliphatic rings. The van der Waals surface area contributed by atoms with Crippen LogP contribution in [0.15, 0.2) is 30.3 Å². The Morgan fingerprint density at radius 3 is 2.24 bits per heavy atom. The van der Waals surface area contributed by atoms with Crippen molar-refractivity contribution in [3.63, 3.8) is 0 Å². The third-order valence-corrected chi connectivity index (χ3v) is 4.94. The van der Waals surface area contributed by atoms with Crippen LogP contribution >= 0.6 is 0 Å². The van der Waals surface area contributed by atoms with E-state index in [-0.39, 0.29) is 13.0 Å². The average Bonchev–Trinajstić information content (AvgIpc) is 2.70. The first kappa shape index (κ1) is 23.1. The largest absolute Gasteiger partial charge is 0.465 e. The third-order valence-electron chi connectivity index (χ3n) is 4.94. The Hall–Kier alpha value is -2.17. The molecule has 1 heterocycles. The topological polar surface area (TPSA) is 80.3 Å². The second kappa shape index (κ2) is 8.68. The number of esters is 2. The SMILES string of the molecule is COC(=O)[C@]1(OC)C[C@H](OC(=O)[C@](OC)(c2ccccc2)C(F)(F)F)[C@H](C)CO1. The number of carbonyl (C=O) groups is 2. The van der Waals surface area contributed by atoms with Crippen molar-refractivity contribution in [3.8, 4) is 0 Å². The smallest absolute Gasteiger partial charge is 0.432 e. The van der Waals surface area contributed by atoms with Crippen LogP contribution in [0.1, 0.15) is 18.9 Å². The molecule has 29 heavy (non-hydrogen) atoms. The van der Waals surface area contributed by atoms with Gasteiger partial charge in [-0.25, -0.2) is 9.59 Å². The molecule has 4 atom stereocenters. The molecule has 0 radical (unpaired) electrons. The Kier molecular flexibility index (Phi) is 6.92. The van der Waals surface area contributed by atoms with Crippen molar-refractivity contribution in [1.82, 2.24) is 0 Å². The number of carbonyl (C=O) groups excluding carboxylic acids is 2. The van der Waals surface area contributed by atoms with E-state index in [4.69, 9.17) is 18.9 Å². The summed E-state index contributed by atoms with van der Waals surface area (Å²) in [7, 11) is 3.08. The normalized spacial score (nSPS) is 27.0. The van der Waals surface area contributed by atoms with Gasteiger partial charge in [0, 0.05) is 25.7 Å². The maximum absolute atomic E-state index is 14.0. The van der Waals surface area contributed by atoms with Gasteiger partial charge >= 0.3 is 18.1 Å². The van der Waals surface area contributed by atoms with Crippen molar-refractivity contribution in [1.29, 1.82) is 0 Å². The minimum absolute atomic E-state index is 0.0990. The number of hydrogen-bond acceptors (Lipinski definition) is 7. The second-order valence-electron chi connectivity index (χ2n) is 6.63. The first-order valence-corrected chi connectivity index (χ1v) is 8.74. The van der Waals surface area contributed by atoms with E-state index in [1.807, 2.05) is 0 Å². The quantitative estimate of drug-likeness (QED) is 0.655. The molecule has 162 valence electrons. The second-order valence-corrected chi connectivity index (χ2v) is 6.63.